The summed E-state index contributed by atoms with van der Waals surface area (Å²) in [4.78, 5) is 59.8. The third-order valence-electron chi connectivity index (χ3n) is 10.3. The fourth-order valence-corrected chi connectivity index (χ4v) is 7.59. The number of hydrogen-bond donors (Lipinski definition) is 2. The van der Waals surface area contributed by atoms with Gasteiger partial charge in [-0.1, -0.05) is 94.7 Å². The van der Waals surface area contributed by atoms with Gasteiger partial charge in [-0.05, 0) is 31.2 Å². The standard InChI is InChI=1S/C36H49N3O7/c1-5-7-13-20-38-21-14-9-12-17-28(41)37-24(4)31(25-15-10-8-11-16-25)45-35(44)29-27-18-19-36(46-27)30(29)33(42)39(32(36)34(38)43)26(22-40)23(3)6-2/h8-11,14-16,18-19,23-24,26-27,29-32,40H,5-7,12-13,17,20-22H2,1-4H3,(H,37,41)/b14-9-/t23-,24-,26-,27+,29-,30-,31+,32+,36-/m0/s1. The molecule has 250 valence electrons. The van der Waals surface area contributed by atoms with Crippen molar-refractivity contribution in [2.24, 2.45) is 17.8 Å². The van der Waals surface area contributed by atoms with Crippen LogP contribution in [0.3, 0.4) is 0 Å². The van der Waals surface area contributed by atoms with Crippen molar-refractivity contribution < 1.29 is 33.8 Å². The molecule has 2 saturated heterocycles. The monoisotopic (exact) mass is 635 g/mol. The van der Waals surface area contributed by atoms with Gasteiger partial charge in [-0.15, -0.1) is 0 Å². The maximum Gasteiger partial charge on any atom is 0.313 e. The smallest absolute Gasteiger partial charge is 0.313 e. The summed E-state index contributed by atoms with van der Waals surface area (Å²) >= 11 is 0. The Morgan fingerprint density at radius 2 is 1.83 bits per heavy atom. The van der Waals surface area contributed by atoms with Gasteiger partial charge < -0.3 is 29.7 Å². The first-order valence-electron chi connectivity index (χ1n) is 17.0. The van der Waals surface area contributed by atoms with Crippen LogP contribution < -0.4 is 5.32 Å². The van der Waals surface area contributed by atoms with Crippen LogP contribution in [0.15, 0.2) is 54.6 Å². The van der Waals surface area contributed by atoms with Crippen molar-refractivity contribution in [3.05, 3.63) is 60.2 Å². The number of nitrogens with zero attached hydrogens (tertiary/aromatic N) is 2. The number of likely N-dealkylation sites (tertiary alicyclic amines) is 1. The number of cyclic esters (lactones) is 1. The molecule has 0 radical (unpaired) electrons. The van der Waals surface area contributed by atoms with Gasteiger partial charge in [0.2, 0.25) is 17.7 Å². The van der Waals surface area contributed by atoms with Crippen LogP contribution in [0.2, 0.25) is 0 Å². The quantitative estimate of drug-likeness (QED) is 0.241. The van der Waals surface area contributed by atoms with Crippen molar-refractivity contribution in [3.8, 4) is 0 Å². The number of hydrogen-bond acceptors (Lipinski definition) is 7. The predicted octanol–water partition coefficient (Wildman–Crippen LogP) is 3.70. The maximum atomic E-state index is 14.7. The molecule has 9 atom stereocenters. The molecule has 0 unspecified atom stereocenters. The molecule has 3 amide bonds. The van der Waals surface area contributed by atoms with Gasteiger partial charge in [0.15, 0.2) is 0 Å². The Balaban J connectivity index is 1.60. The second-order valence-corrected chi connectivity index (χ2v) is 13.2. The van der Waals surface area contributed by atoms with Gasteiger partial charge in [-0.2, -0.15) is 0 Å². The zero-order valence-electron chi connectivity index (χ0n) is 27.5. The largest absolute Gasteiger partial charge is 0.455 e. The first-order valence-corrected chi connectivity index (χ1v) is 17.0. The topological polar surface area (TPSA) is 125 Å². The summed E-state index contributed by atoms with van der Waals surface area (Å²) in [6, 6.07) is 6.99. The molecule has 4 aliphatic heterocycles. The van der Waals surface area contributed by atoms with Gasteiger partial charge in [-0.25, -0.2) is 0 Å². The number of carbonyl (C=O) groups excluding carboxylic acids is 4. The van der Waals surface area contributed by atoms with Gasteiger partial charge in [0.1, 0.15) is 23.7 Å². The number of aliphatic hydroxyl groups is 1. The Hall–Kier alpha value is -3.50. The van der Waals surface area contributed by atoms with E-state index in [0.29, 0.717) is 31.5 Å². The summed E-state index contributed by atoms with van der Waals surface area (Å²) in [6.45, 7) is 8.32. The first kappa shape index (κ1) is 33.9. The van der Waals surface area contributed by atoms with Crippen LogP contribution in [0.25, 0.3) is 0 Å². The van der Waals surface area contributed by atoms with E-state index in [1.807, 2.05) is 56.3 Å². The van der Waals surface area contributed by atoms with Crippen LogP contribution >= 0.6 is 0 Å². The van der Waals surface area contributed by atoms with Gasteiger partial charge in [0.05, 0.1) is 30.7 Å². The van der Waals surface area contributed by atoms with E-state index in [-0.39, 0.29) is 36.7 Å². The summed E-state index contributed by atoms with van der Waals surface area (Å²) in [5, 5.41) is 13.6. The molecule has 1 aromatic rings. The minimum absolute atomic E-state index is 0.107. The Morgan fingerprint density at radius 1 is 1.07 bits per heavy atom. The van der Waals surface area contributed by atoms with Crippen molar-refractivity contribution >= 4 is 23.7 Å². The van der Waals surface area contributed by atoms with Crippen molar-refractivity contribution in [1.29, 1.82) is 0 Å². The summed E-state index contributed by atoms with van der Waals surface area (Å²) in [7, 11) is 0. The normalized spacial score (nSPS) is 33.5. The fourth-order valence-electron chi connectivity index (χ4n) is 7.59. The molecule has 5 bridgehead atoms. The molecule has 1 aromatic carbocycles. The van der Waals surface area contributed by atoms with Crippen LogP contribution in [-0.4, -0.2) is 88.1 Å². The maximum absolute atomic E-state index is 14.7. The number of rotatable bonds is 9. The van der Waals surface area contributed by atoms with Crippen LogP contribution in [0.5, 0.6) is 0 Å². The van der Waals surface area contributed by atoms with Crippen LogP contribution in [-0.2, 0) is 28.7 Å². The van der Waals surface area contributed by atoms with E-state index >= 15 is 0 Å². The zero-order chi connectivity index (χ0) is 33.0. The molecule has 0 aliphatic carbocycles. The highest BCUT2D eigenvalue weighted by Crippen LogP contribution is 2.56. The number of carbonyl (C=O) groups is 4. The molecule has 0 saturated carbocycles. The molecule has 2 fully saturated rings. The second-order valence-electron chi connectivity index (χ2n) is 13.2. The van der Waals surface area contributed by atoms with Crippen molar-refractivity contribution in [2.75, 3.05) is 19.7 Å². The molecular formula is C36H49N3O7. The van der Waals surface area contributed by atoms with Crippen LogP contribution in [0.1, 0.15) is 77.9 Å². The van der Waals surface area contributed by atoms with E-state index in [4.69, 9.17) is 9.47 Å². The first-order chi connectivity index (χ1) is 22.2. The van der Waals surface area contributed by atoms with Crippen LogP contribution in [0.4, 0.5) is 0 Å². The molecule has 0 aromatic heterocycles. The minimum Gasteiger partial charge on any atom is -0.455 e. The molecule has 1 spiro atoms. The van der Waals surface area contributed by atoms with Crippen molar-refractivity contribution in [2.45, 2.75) is 102 Å². The lowest BCUT2D eigenvalue weighted by Crippen LogP contribution is -2.59. The zero-order valence-corrected chi connectivity index (χ0v) is 27.5. The van der Waals surface area contributed by atoms with Crippen molar-refractivity contribution in [1.82, 2.24) is 15.1 Å². The van der Waals surface area contributed by atoms with E-state index in [2.05, 4.69) is 12.2 Å². The third kappa shape index (κ3) is 6.26. The number of benzene rings is 1. The molecule has 4 heterocycles. The predicted molar refractivity (Wildman–Crippen MR) is 172 cm³/mol. The molecule has 2 N–H and O–H groups in total. The van der Waals surface area contributed by atoms with Gasteiger partial charge in [-0.3, -0.25) is 19.2 Å². The number of nitrogens with one attached hydrogen (secondary N) is 1. The average Bonchev–Trinajstić information content (AvgIpc) is 3.70. The highest BCUT2D eigenvalue weighted by molar-refractivity contribution is 5.99. The van der Waals surface area contributed by atoms with E-state index in [1.165, 1.54) is 4.90 Å². The Kier molecular flexibility index (Phi) is 10.7. The van der Waals surface area contributed by atoms with Gasteiger partial charge in [0, 0.05) is 19.5 Å². The minimum atomic E-state index is -1.37. The third-order valence-corrected chi connectivity index (χ3v) is 10.3. The van der Waals surface area contributed by atoms with Gasteiger partial charge in [0.25, 0.3) is 0 Å². The summed E-state index contributed by atoms with van der Waals surface area (Å²) < 4.78 is 12.8. The number of fused-ring (bicyclic) bond motifs is 2. The van der Waals surface area contributed by atoms with Gasteiger partial charge >= 0.3 is 5.97 Å². The molecule has 4 aliphatic rings. The Bertz CT molecular complexity index is 1330. The second kappa shape index (κ2) is 14.5. The number of allylic oxidation sites excluding steroid dienone is 1. The summed E-state index contributed by atoms with van der Waals surface area (Å²) in [6.07, 6.45) is 9.92. The molecule has 10 heteroatoms. The lowest BCUT2D eigenvalue weighted by atomic mass is 9.74. The number of aliphatic hydroxyl groups excluding tert-OH is 1. The van der Waals surface area contributed by atoms with E-state index in [9.17, 15) is 24.3 Å². The average molecular weight is 636 g/mol. The number of esters is 1. The van der Waals surface area contributed by atoms with Crippen molar-refractivity contribution in [3.63, 3.8) is 0 Å². The summed E-state index contributed by atoms with van der Waals surface area (Å²) in [5.74, 6) is -3.54. The Morgan fingerprint density at radius 3 is 2.52 bits per heavy atom. The highest BCUT2D eigenvalue weighted by atomic mass is 16.6. The summed E-state index contributed by atoms with van der Waals surface area (Å²) in [5.41, 5.74) is -0.658. The van der Waals surface area contributed by atoms with E-state index in [1.54, 1.807) is 24.0 Å². The highest BCUT2D eigenvalue weighted by Gasteiger charge is 2.74. The van der Waals surface area contributed by atoms with Crippen LogP contribution in [0, 0.1) is 17.8 Å². The number of amides is 3. The SMILES string of the molecule is CCCCCN1C/C=C\CCC(=O)N[C@@H](C)[C@H](c2ccccc2)OC(=O)[C@@H]2[C@H]3C(=O)N([C@@H](CO)[C@@H](C)CC)[C@H](C1=O)[C@]31C=C[C@H]2O1. The molecule has 10 nitrogen and oxygen atoms in total. The number of unbranched alkanes of at least 4 members (excludes halogenated alkanes) is 2. The Labute approximate surface area is 272 Å². The lowest BCUT2D eigenvalue weighted by Gasteiger charge is -2.40. The lowest BCUT2D eigenvalue weighted by molar-refractivity contribution is -0.162. The fraction of sp³-hybridized carbons (Fsp3) is 0.611. The van der Waals surface area contributed by atoms with E-state index in [0.717, 1.165) is 19.3 Å². The molecular weight excluding hydrogens is 586 g/mol. The molecule has 46 heavy (non-hydrogen) atoms. The molecule has 5 rings (SSSR count). The number of ether oxygens (including phenoxy) is 2. The van der Waals surface area contributed by atoms with E-state index < -0.39 is 53.7 Å².